The van der Waals surface area contributed by atoms with Gasteiger partial charge in [0.25, 0.3) is 0 Å². The summed E-state index contributed by atoms with van der Waals surface area (Å²) in [5, 5.41) is 10.2. The zero-order chi connectivity index (χ0) is 22.6. The number of rotatable bonds is 5. The van der Waals surface area contributed by atoms with Gasteiger partial charge < -0.3 is 20.9 Å². The number of pyridine rings is 2. The molecule has 3 N–H and O–H groups in total. The molecular formula is C24H24N8O. The molecule has 1 aliphatic heterocycles. The van der Waals surface area contributed by atoms with E-state index in [-0.39, 0.29) is 5.91 Å². The van der Waals surface area contributed by atoms with E-state index < -0.39 is 0 Å². The van der Waals surface area contributed by atoms with E-state index in [1.165, 1.54) is 6.92 Å². The lowest BCUT2D eigenvalue weighted by Crippen LogP contribution is -2.43. The minimum atomic E-state index is -0.117. The van der Waals surface area contributed by atoms with Gasteiger partial charge in [0, 0.05) is 68.3 Å². The van der Waals surface area contributed by atoms with E-state index in [1.54, 1.807) is 24.8 Å². The topological polar surface area (TPSA) is 108 Å². The molecule has 1 saturated heterocycles. The number of nitrogens with zero attached hydrogens (tertiary/aromatic N) is 5. The van der Waals surface area contributed by atoms with Gasteiger partial charge in [-0.15, -0.1) is 0 Å². The van der Waals surface area contributed by atoms with Gasteiger partial charge >= 0.3 is 0 Å². The van der Waals surface area contributed by atoms with E-state index in [4.69, 9.17) is 4.98 Å². The van der Waals surface area contributed by atoms with Crippen molar-refractivity contribution in [2.24, 2.45) is 0 Å². The van der Waals surface area contributed by atoms with Crippen LogP contribution in [0.1, 0.15) is 6.92 Å². The van der Waals surface area contributed by atoms with Gasteiger partial charge in [-0.05, 0) is 29.8 Å². The Morgan fingerprint density at radius 1 is 1.00 bits per heavy atom. The van der Waals surface area contributed by atoms with Crippen molar-refractivity contribution in [3.05, 3.63) is 61.2 Å². The monoisotopic (exact) mass is 440 g/mol. The smallest absolute Gasteiger partial charge is 0.227 e. The summed E-state index contributed by atoms with van der Waals surface area (Å²) >= 11 is 0. The Morgan fingerprint density at radius 2 is 1.88 bits per heavy atom. The molecule has 0 saturated carbocycles. The van der Waals surface area contributed by atoms with Gasteiger partial charge in [0.15, 0.2) is 0 Å². The minimum absolute atomic E-state index is 0.117. The third-order valence-corrected chi connectivity index (χ3v) is 5.43. The third kappa shape index (κ3) is 4.73. The third-order valence-electron chi connectivity index (χ3n) is 5.43. The maximum Gasteiger partial charge on any atom is 0.227 e. The molecule has 9 heteroatoms. The second kappa shape index (κ2) is 9.17. The molecule has 1 aliphatic rings. The fraction of sp³-hybridized carbons (Fsp3) is 0.208. The van der Waals surface area contributed by atoms with Gasteiger partial charge in [0.2, 0.25) is 11.9 Å². The van der Waals surface area contributed by atoms with Crippen LogP contribution in [-0.2, 0) is 4.79 Å². The molecule has 0 unspecified atom stereocenters. The fourth-order valence-corrected chi connectivity index (χ4v) is 3.86. The molecule has 1 fully saturated rings. The fourth-order valence-electron chi connectivity index (χ4n) is 3.86. The number of nitrogens with one attached hydrogen (secondary N) is 3. The summed E-state index contributed by atoms with van der Waals surface area (Å²) in [6.07, 6.45) is 7.07. The van der Waals surface area contributed by atoms with Crippen molar-refractivity contribution in [2.75, 3.05) is 41.7 Å². The minimum Gasteiger partial charge on any atom is -0.354 e. The highest BCUT2D eigenvalue weighted by Crippen LogP contribution is 2.29. The van der Waals surface area contributed by atoms with Crippen LogP contribution in [0.2, 0.25) is 0 Å². The molecule has 33 heavy (non-hydrogen) atoms. The molecule has 0 spiro atoms. The summed E-state index contributed by atoms with van der Waals surface area (Å²) in [6.45, 7) is 5.33. The van der Waals surface area contributed by atoms with Crippen LogP contribution in [0, 0.1) is 0 Å². The zero-order valence-electron chi connectivity index (χ0n) is 18.2. The first-order valence-electron chi connectivity index (χ1n) is 10.8. The Bertz CT molecular complexity index is 1290. The second-order valence-corrected chi connectivity index (χ2v) is 7.85. The Hall–Kier alpha value is -4.11. The van der Waals surface area contributed by atoms with E-state index in [0.717, 1.165) is 65.4 Å². The number of anilines is 4. The Kier molecular flexibility index (Phi) is 5.77. The molecule has 1 aromatic carbocycles. The Balaban J connectivity index is 1.42. The average molecular weight is 441 g/mol. The van der Waals surface area contributed by atoms with Gasteiger partial charge in [-0.25, -0.2) is 15.0 Å². The number of piperazine rings is 1. The summed E-state index contributed by atoms with van der Waals surface area (Å²) in [7, 11) is 0. The van der Waals surface area contributed by atoms with Crippen molar-refractivity contribution >= 4 is 40.0 Å². The van der Waals surface area contributed by atoms with Crippen LogP contribution in [0.4, 0.5) is 23.1 Å². The van der Waals surface area contributed by atoms with E-state index in [9.17, 15) is 4.79 Å². The summed E-state index contributed by atoms with van der Waals surface area (Å²) in [5.41, 5.74) is 4.08. The lowest BCUT2D eigenvalue weighted by Gasteiger charge is -2.28. The average Bonchev–Trinajstić information content (AvgIpc) is 2.84. The molecule has 0 bridgehead atoms. The SMILES string of the molecule is CC(=O)Nc1cccc(-c2cncc3cnc(Nc4ccc(N5CCNCC5)nc4)nc23)c1. The van der Waals surface area contributed by atoms with Crippen LogP contribution in [0.15, 0.2) is 61.2 Å². The highest BCUT2D eigenvalue weighted by molar-refractivity contribution is 5.95. The first-order chi connectivity index (χ1) is 16.2. The quantitative estimate of drug-likeness (QED) is 0.434. The molecule has 0 aliphatic carbocycles. The maximum atomic E-state index is 11.4. The highest BCUT2D eigenvalue weighted by Gasteiger charge is 2.12. The van der Waals surface area contributed by atoms with Gasteiger partial charge in [-0.3, -0.25) is 9.78 Å². The number of amides is 1. The summed E-state index contributed by atoms with van der Waals surface area (Å²) in [5.74, 6) is 1.33. The van der Waals surface area contributed by atoms with Gasteiger partial charge in [-0.2, -0.15) is 0 Å². The van der Waals surface area contributed by atoms with Crippen LogP contribution in [0.5, 0.6) is 0 Å². The van der Waals surface area contributed by atoms with Crippen molar-refractivity contribution in [3.8, 4) is 11.1 Å². The molecular weight excluding hydrogens is 416 g/mol. The van der Waals surface area contributed by atoms with Crippen LogP contribution < -0.4 is 20.9 Å². The van der Waals surface area contributed by atoms with Gasteiger partial charge in [0.05, 0.1) is 17.4 Å². The Morgan fingerprint density at radius 3 is 2.67 bits per heavy atom. The van der Waals surface area contributed by atoms with Crippen molar-refractivity contribution in [2.45, 2.75) is 6.92 Å². The van der Waals surface area contributed by atoms with Crippen LogP contribution in [0.3, 0.4) is 0 Å². The molecule has 4 heterocycles. The number of aromatic nitrogens is 4. The first kappa shape index (κ1) is 20.8. The van der Waals surface area contributed by atoms with Crippen LogP contribution in [-0.4, -0.2) is 52.0 Å². The molecule has 1 amide bonds. The van der Waals surface area contributed by atoms with Crippen molar-refractivity contribution in [1.82, 2.24) is 25.3 Å². The zero-order valence-corrected chi connectivity index (χ0v) is 18.2. The molecule has 3 aromatic heterocycles. The predicted octanol–water partition coefficient (Wildman–Crippen LogP) is 3.20. The molecule has 0 atom stereocenters. The van der Waals surface area contributed by atoms with E-state index in [2.05, 4.69) is 35.8 Å². The van der Waals surface area contributed by atoms with E-state index in [0.29, 0.717) is 5.95 Å². The van der Waals surface area contributed by atoms with Crippen molar-refractivity contribution in [3.63, 3.8) is 0 Å². The molecule has 4 aromatic rings. The number of benzene rings is 1. The number of hydrogen-bond donors (Lipinski definition) is 3. The molecule has 0 radical (unpaired) electrons. The number of carbonyl (C=O) groups is 1. The largest absolute Gasteiger partial charge is 0.354 e. The van der Waals surface area contributed by atoms with Gasteiger partial charge in [0.1, 0.15) is 5.82 Å². The second-order valence-electron chi connectivity index (χ2n) is 7.85. The first-order valence-corrected chi connectivity index (χ1v) is 10.8. The number of carbonyl (C=O) groups excluding carboxylic acids is 1. The standard InChI is InChI=1S/C24H24N8O/c1-16(33)29-19-4-2-3-17(11-19)21-15-26-12-18-13-28-24(31-23(18)21)30-20-5-6-22(27-14-20)32-9-7-25-8-10-32/h2-6,11-15,25H,7-10H2,1H3,(H,29,33)(H,28,30,31). The van der Waals surface area contributed by atoms with E-state index >= 15 is 0 Å². The predicted molar refractivity (Wildman–Crippen MR) is 130 cm³/mol. The lowest BCUT2D eigenvalue weighted by atomic mass is 10.0. The number of hydrogen-bond acceptors (Lipinski definition) is 8. The normalized spacial score (nSPS) is 13.7. The molecule has 5 rings (SSSR count). The highest BCUT2D eigenvalue weighted by atomic mass is 16.1. The van der Waals surface area contributed by atoms with Crippen molar-refractivity contribution in [1.29, 1.82) is 0 Å². The summed E-state index contributed by atoms with van der Waals surface area (Å²) in [6, 6.07) is 11.6. The molecule has 166 valence electrons. The molecule has 9 nitrogen and oxygen atoms in total. The van der Waals surface area contributed by atoms with Crippen LogP contribution >= 0.6 is 0 Å². The van der Waals surface area contributed by atoms with E-state index in [1.807, 2.05) is 36.4 Å². The van der Waals surface area contributed by atoms with Gasteiger partial charge in [-0.1, -0.05) is 12.1 Å². The summed E-state index contributed by atoms with van der Waals surface area (Å²) in [4.78, 5) is 31.8. The number of fused-ring (bicyclic) bond motifs is 1. The Labute approximate surface area is 191 Å². The summed E-state index contributed by atoms with van der Waals surface area (Å²) < 4.78 is 0. The van der Waals surface area contributed by atoms with Crippen molar-refractivity contribution < 1.29 is 4.79 Å². The lowest BCUT2D eigenvalue weighted by molar-refractivity contribution is -0.114. The maximum absolute atomic E-state index is 11.4. The van der Waals surface area contributed by atoms with Crippen LogP contribution in [0.25, 0.3) is 22.0 Å².